The van der Waals surface area contributed by atoms with E-state index in [2.05, 4.69) is 5.32 Å². The highest BCUT2D eigenvalue weighted by atomic mass is 35.5. The first-order valence-electron chi connectivity index (χ1n) is 6.01. The van der Waals surface area contributed by atoms with Crippen LogP contribution in [0, 0.1) is 0 Å². The molecular weight excluding hydrogens is 301 g/mol. The summed E-state index contributed by atoms with van der Waals surface area (Å²) >= 11 is 18.5. The Morgan fingerprint density at radius 3 is 2.16 bits per heavy atom. The lowest BCUT2D eigenvalue weighted by atomic mass is 10.1. The molecule has 1 unspecified atom stereocenters. The van der Waals surface area contributed by atoms with Crippen LogP contribution in [0.5, 0.6) is 0 Å². The summed E-state index contributed by atoms with van der Waals surface area (Å²) in [6, 6.07) is 15.5. The van der Waals surface area contributed by atoms with Gasteiger partial charge in [0.15, 0.2) is 0 Å². The largest absolute Gasteiger partial charge is 0.311 e. The molecular formula is C15H14Cl3N. The first-order valence-corrected chi connectivity index (χ1v) is 7.20. The van der Waals surface area contributed by atoms with E-state index in [0.29, 0.717) is 23.1 Å². The van der Waals surface area contributed by atoms with E-state index in [9.17, 15) is 0 Å². The van der Waals surface area contributed by atoms with Gasteiger partial charge < -0.3 is 5.32 Å². The molecule has 100 valence electrons. The van der Waals surface area contributed by atoms with Gasteiger partial charge in [0.2, 0.25) is 0 Å². The number of alkyl halides is 1. The van der Waals surface area contributed by atoms with Crippen molar-refractivity contribution in [2.24, 2.45) is 0 Å². The number of hydrogen-bond acceptors (Lipinski definition) is 1. The van der Waals surface area contributed by atoms with Gasteiger partial charge in [-0.2, -0.15) is 0 Å². The molecule has 0 aliphatic carbocycles. The first-order chi connectivity index (χ1) is 9.18. The molecule has 1 N–H and O–H groups in total. The fraction of sp³-hybridized carbons (Fsp3) is 0.200. The summed E-state index contributed by atoms with van der Waals surface area (Å²) in [6.07, 6.45) is 0. The van der Waals surface area contributed by atoms with Gasteiger partial charge in [0, 0.05) is 28.7 Å². The van der Waals surface area contributed by atoms with E-state index >= 15 is 0 Å². The van der Waals surface area contributed by atoms with E-state index < -0.39 is 0 Å². The van der Waals surface area contributed by atoms with Gasteiger partial charge in [0.25, 0.3) is 0 Å². The molecule has 0 saturated carbocycles. The molecule has 0 fully saturated rings. The lowest BCUT2D eigenvalue weighted by Crippen LogP contribution is -2.19. The van der Waals surface area contributed by atoms with E-state index in [1.807, 2.05) is 48.5 Å². The molecule has 0 heterocycles. The SMILES string of the molecule is Clc1cccc(Cl)c1CNCC(Cl)c1ccccc1. The summed E-state index contributed by atoms with van der Waals surface area (Å²) in [4.78, 5) is 0. The molecule has 0 aliphatic heterocycles. The number of halogens is 3. The maximum atomic E-state index is 6.32. The Kier molecular flexibility index (Phi) is 5.53. The summed E-state index contributed by atoms with van der Waals surface area (Å²) in [5.74, 6) is 0. The zero-order chi connectivity index (χ0) is 13.7. The van der Waals surface area contributed by atoms with Crippen molar-refractivity contribution in [2.45, 2.75) is 11.9 Å². The summed E-state index contributed by atoms with van der Waals surface area (Å²) in [5, 5.41) is 4.56. The van der Waals surface area contributed by atoms with Crippen LogP contribution < -0.4 is 5.32 Å². The lowest BCUT2D eigenvalue weighted by Gasteiger charge is -2.12. The first kappa shape index (κ1) is 14.7. The monoisotopic (exact) mass is 313 g/mol. The van der Waals surface area contributed by atoms with Crippen LogP contribution in [0.2, 0.25) is 10.0 Å². The van der Waals surface area contributed by atoms with Crippen LogP contribution in [-0.4, -0.2) is 6.54 Å². The fourth-order valence-electron chi connectivity index (χ4n) is 1.80. The highest BCUT2D eigenvalue weighted by Gasteiger charge is 2.08. The number of rotatable bonds is 5. The van der Waals surface area contributed by atoms with Gasteiger partial charge in [0.05, 0.1) is 5.38 Å². The average Bonchev–Trinajstić information content (AvgIpc) is 2.43. The van der Waals surface area contributed by atoms with Crippen molar-refractivity contribution in [1.29, 1.82) is 0 Å². The quantitative estimate of drug-likeness (QED) is 0.760. The van der Waals surface area contributed by atoms with Gasteiger partial charge in [0.1, 0.15) is 0 Å². The molecule has 2 aromatic rings. The topological polar surface area (TPSA) is 12.0 Å². The van der Waals surface area contributed by atoms with Crippen LogP contribution >= 0.6 is 34.8 Å². The molecule has 0 radical (unpaired) electrons. The molecule has 2 aromatic carbocycles. The van der Waals surface area contributed by atoms with E-state index in [1.165, 1.54) is 0 Å². The van der Waals surface area contributed by atoms with Crippen LogP contribution in [0.4, 0.5) is 0 Å². The molecule has 0 saturated heterocycles. The Hall–Kier alpha value is -0.730. The van der Waals surface area contributed by atoms with Crippen LogP contribution in [0.15, 0.2) is 48.5 Å². The summed E-state index contributed by atoms with van der Waals surface area (Å²) < 4.78 is 0. The van der Waals surface area contributed by atoms with Crippen molar-refractivity contribution < 1.29 is 0 Å². The predicted molar refractivity (Wildman–Crippen MR) is 83.2 cm³/mol. The fourth-order valence-corrected chi connectivity index (χ4v) is 2.59. The molecule has 2 rings (SSSR count). The van der Waals surface area contributed by atoms with Crippen molar-refractivity contribution in [3.8, 4) is 0 Å². The Labute approximate surface area is 128 Å². The van der Waals surface area contributed by atoms with Crippen LogP contribution in [0.1, 0.15) is 16.5 Å². The number of nitrogens with one attached hydrogen (secondary N) is 1. The van der Waals surface area contributed by atoms with Gasteiger partial charge in [-0.3, -0.25) is 0 Å². The zero-order valence-corrected chi connectivity index (χ0v) is 12.5. The Morgan fingerprint density at radius 2 is 1.53 bits per heavy atom. The Balaban J connectivity index is 1.90. The highest BCUT2D eigenvalue weighted by molar-refractivity contribution is 6.35. The smallest absolute Gasteiger partial charge is 0.0709 e. The third-order valence-electron chi connectivity index (χ3n) is 2.85. The second-order valence-corrected chi connectivity index (χ2v) is 5.55. The Bertz CT molecular complexity index is 508. The lowest BCUT2D eigenvalue weighted by molar-refractivity contribution is 0.675. The summed E-state index contributed by atoms with van der Waals surface area (Å²) in [5.41, 5.74) is 2.00. The second kappa shape index (κ2) is 7.16. The molecule has 1 atom stereocenters. The van der Waals surface area contributed by atoms with Crippen LogP contribution in [0.25, 0.3) is 0 Å². The minimum atomic E-state index is -0.0672. The molecule has 0 spiro atoms. The number of benzene rings is 2. The van der Waals surface area contributed by atoms with Crippen molar-refractivity contribution in [3.05, 3.63) is 69.7 Å². The molecule has 0 aromatic heterocycles. The van der Waals surface area contributed by atoms with E-state index in [1.54, 1.807) is 0 Å². The molecule has 0 aliphatic rings. The zero-order valence-electron chi connectivity index (χ0n) is 10.2. The molecule has 0 amide bonds. The highest BCUT2D eigenvalue weighted by Crippen LogP contribution is 2.24. The summed E-state index contributed by atoms with van der Waals surface area (Å²) in [7, 11) is 0. The van der Waals surface area contributed by atoms with Gasteiger partial charge >= 0.3 is 0 Å². The average molecular weight is 315 g/mol. The van der Waals surface area contributed by atoms with Gasteiger partial charge in [-0.25, -0.2) is 0 Å². The molecule has 4 heteroatoms. The Morgan fingerprint density at radius 1 is 0.895 bits per heavy atom. The van der Waals surface area contributed by atoms with Gasteiger partial charge in [-0.1, -0.05) is 59.6 Å². The standard InChI is InChI=1S/C15H14Cl3N/c16-13-7-4-8-14(17)12(13)9-19-10-15(18)11-5-2-1-3-6-11/h1-8,15,19H,9-10H2. The van der Waals surface area contributed by atoms with E-state index in [0.717, 1.165) is 11.1 Å². The maximum Gasteiger partial charge on any atom is 0.0709 e. The van der Waals surface area contributed by atoms with Crippen LogP contribution in [0.3, 0.4) is 0 Å². The normalized spacial score (nSPS) is 12.4. The van der Waals surface area contributed by atoms with Crippen molar-refractivity contribution in [2.75, 3.05) is 6.54 Å². The minimum Gasteiger partial charge on any atom is -0.311 e. The van der Waals surface area contributed by atoms with Gasteiger partial charge in [-0.15, -0.1) is 11.6 Å². The minimum absolute atomic E-state index is 0.0672. The number of hydrogen-bond donors (Lipinski definition) is 1. The van der Waals surface area contributed by atoms with Gasteiger partial charge in [-0.05, 0) is 17.7 Å². The van der Waals surface area contributed by atoms with Crippen LogP contribution in [-0.2, 0) is 6.54 Å². The maximum absolute atomic E-state index is 6.32. The summed E-state index contributed by atoms with van der Waals surface area (Å²) in [6.45, 7) is 1.27. The molecule has 19 heavy (non-hydrogen) atoms. The molecule has 1 nitrogen and oxygen atoms in total. The van der Waals surface area contributed by atoms with E-state index in [-0.39, 0.29) is 5.38 Å². The third-order valence-corrected chi connectivity index (χ3v) is 3.96. The van der Waals surface area contributed by atoms with Crippen molar-refractivity contribution in [1.82, 2.24) is 5.32 Å². The second-order valence-electron chi connectivity index (χ2n) is 4.21. The molecule has 0 bridgehead atoms. The third kappa shape index (κ3) is 4.12. The van der Waals surface area contributed by atoms with Crippen molar-refractivity contribution >= 4 is 34.8 Å². The van der Waals surface area contributed by atoms with E-state index in [4.69, 9.17) is 34.8 Å². The predicted octanol–water partition coefficient (Wildman–Crippen LogP) is 5.06. The van der Waals surface area contributed by atoms with Crippen molar-refractivity contribution in [3.63, 3.8) is 0 Å².